The van der Waals surface area contributed by atoms with Crippen LogP contribution in [0.2, 0.25) is 0 Å². The number of hydrogen-bond acceptors (Lipinski definition) is 7. The van der Waals surface area contributed by atoms with E-state index in [0.717, 1.165) is 10.2 Å². The van der Waals surface area contributed by atoms with E-state index in [2.05, 4.69) is 15.0 Å². The standard InChI is InChI=1S/C17H12N4O2S2/c18-17-19-10-14(25(22,23)11-6-2-1-3-7-11)15(21-17)16-20-12-8-4-5-9-13(12)24-16/h1-10H,(H2,18,19,21). The van der Waals surface area contributed by atoms with E-state index >= 15 is 0 Å². The number of anilines is 1. The molecule has 8 heteroatoms. The second-order valence-corrected chi connectivity index (χ2v) is 8.19. The maximum absolute atomic E-state index is 13.0. The summed E-state index contributed by atoms with van der Waals surface area (Å²) in [6.07, 6.45) is 1.24. The van der Waals surface area contributed by atoms with Crippen molar-refractivity contribution in [3.05, 3.63) is 60.8 Å². The van der Waals surface area contributed by atoms with Gasteiger partial charge < -0.3 is 5.73 Å². The van der Waals surface area contributed by atoms with Gasteiger partial charge in [0.25, 0.3) is 0 Å². The third kappa shape index (κ3) is 2.75. The molecule has 2 N–H and O–H groups in total. The van der Waals surface area contributed by atoms with Gasteiger partial charge in [0, 0.05) is 0 Å². The van der Waals surface area contributed by atoms with Gasteiger partial charge in [-0.25, -0.2) is 23.4 Å². The molecule has 0 aliphatic carbocycles. The van der Waals surface area contributed by atoms with Gasteiger partial charge in [0.05, 0.1) is 21.3 Å². The first-order chi connectivity index (χ1) is 12.1. The Kier molecular flexibility index (Phi) is 3.70. The van der Waals surface area contributed by atoms with E-state index in [4.69, 9.17) is 5.73 Å². The highest BCUT2D eigenvalue weighted by atomic mass is 32.2. The number of nitrogens with two attached hydrogens (primary N) is 1. The maximum atomic E-state index is 13.0. The molecule has 2 aromatic carbocycles. The van der Waals surface area contributed by atoms with Crippen molar-refractivity contribution in [3.63, 3.8) is 0 Å². The van der Waals surface area contributed by atoms with E-state index in [-0.39, 0.29) is 21.4 Å². The molecule has 0 aliphatic rings. The Morgan fingerprint density at radius 3 is 2.40 bits per heavy atom. The average molecular weight is 368 g/mol. The summed E-state index contributed by atoms with van der Waals surface area (Å²) in [5, 5.41) is 0.491. The highest BCUT2D eigenvalue weighted by Gasteiger charge is 2.25. The van der Waals surface area contributed by atoms with Crippen LogP contribution in [-0.4, -0.2) is 23.4 Å². The van der Waals surface area contributed by atoms with E-state index in [1.54, 1.807) is 18.2 Å². The summed E-state index contributed by atoms with van der Waals surface area (Å²) in [4.78, 5) is 12.7. The normalized spacial score (nSPS) is 11.7. The van der Waals surface area contributed by atoms with Gasteiger partial charge in [-0.3, -0.25) is 0 Å². The second-order valence-electron chi connectivity index (χ2n) is 5.24. The molecule has 0 fully saturated rings. The van der Waals surface area contributed by atoms with Gasteiger partial charge in [0.15, 0.2) is 0 Å². The van der Waals surface area contributed by atoms with Gasteiger partial charge >= 0.3 is 0 Å². The Labute approximate surface area is 147 Å². The molecule has 0 saturated heterocycles. The molecule has 0 radical (unpaired) electrons. The summed E-state index contributed by atoms with van der Waals surface area (Å²) < 4.78 is 27.0. The Balaban J connectivity index is 1.96. The number of aromatic nitrogens is 3. The molecule has 0 amide bonds. The topological polar surface area (TPSA) is 98.8 Å². The number of sulfone groups is 1. The Morgan fingerprint density at radius 1 is 0.920 bits per heavy atom. The van der Waals surface area contributed by atoms with Crippen molar-refractivity contribution in [1.29, 1.82) is 0 Å². The zero-order valence-corrected chi connectivity index (χ0v) is 14.5. The monoisotopic (exact) mass is 368 g/mol. The third-order valence-corrected chi connectivity index (χ3v) is 6.43. The summed E-state index contributed by atoms with van der Waals surface area (Å²) in [5.41, 5.74) is 6.70. The number of rotatable bonds is 3. The van der Waals surface area contributed by atoms with Crippen LogP contribution in [0.15, 0.2) is 70.6 Å². The quantitative estimate of drug-likeness (QED) is 0.596. The van der Waals surface area contributed by atoms with Crippen LogP contribution in [0, 0.1) is 0 Å². The number of nitrogen functional groups attached to an aromatic ring is 1. The SMILES string of the molecule is Nc1ncc(S(=O)(=O)c2ccccc2)c(-c2nc3ccccc3s2)n1. The van der Waals surface area contributed by atoms with Crippen LogP contribution in [0.5, 0.6) is 0 Å². The Morgan fingerprint density at radius 2 is 1.64 bits per heavy atom. The maximum Gasteiger partial charge on any atom is 0.220 e. The molecule has 0 bridgehead atoms. The van der Waals surface area contributed by atoms with E-state index in [0.29, 0.717) is 5.01 Å². The summed E-state index contributed by atoms with van der Waals surface area (Å²) in [6.45, 7) is 0. The minimum atomic E-state index is -3.79. The lowest BCUT2D eigenvalue weighted by molar-refractivity contribution is 0.595. The lowest BCUT2D eigenvalue weighted by Gasteiger charge is -2.08. The summed E-state index contributed by atoms with van der Waals surface area (Å²) in [5.74, 6) is 0.00117. The Bertz CT molecular complexity index is 1140. The number of fused-ring (bicyclic) bond motifs is 1. The van der Waals surface area contributed by atoms with Gasteiger partial charge in [0.1, 0.15) is 15.6 Å². The molecule has 2 heterocycles. The fraction of sp³-hybridized carbons (Fsp3) is 0. The van der Waals surface area contributed by atoms with Crippen molar-refractivity contribution in [3.8, 4) is 10.7 Å². The third-order valence-electron chi connectivity index (χ3n) is 3.61. The smallest absolute Gasteiger partial charge is 0.220 e. The minimum absolute atomic E-state index is 0.00117. The largest absolute Gasteiger partial charge is 0.368 e. The molecule has 25 heavy (non-hydrogen) atoms. The van der Waals surface area contributed by atoms with Gasteiger partial charge in [-0.15, -0.1) is 11.3 Å². The number of benzene rings is 2. The molecule has 0 saturated carbocycles. The highest BCUT2D eigenvalue weighted by molar-refractivity contribution is 7.91. The number of nitrogens with zero attached hydrogens (tertiary/aromatic N) is 3. The molecular formula is C17H12N4O2S2. The van der Waals surface area contributed by atoms with Crippen molar-refractivity contribution >= 4 is 37.3 Å². The van der Waals surface area contributed by atoms with Gasteiger partial charge in [-0.1, -0.05) is 30.3 Å². The van der Waals surface area contributed by atoms with Crippen LogP contribution in [-0.2, 0) is 9.84 Å². The van der Waals surface area contributed by atoms with Gasteiger partial charge in [-0.2, -0.15) is 0 Å². The summed E-state index contributed by atoms with van der Waals surface area (Å²) in [7, 11) is -3.79. The first-order valence-electron chi connectivity index (χ1n) is 7.34. The van der Waals surface area contributed by atoms with E-state index in [1.165, 1.54) is 29.7 Å². The number of thiazole rings is 1. The van der Waals surface area contributed by atoms with Crippen LogP contribution in [0.3, 0.4) is 0 Å². The summed E-state index contributed by atoms with van der Waals surface area (Å²) in [6, 6.07) is 15.7. The van der Waals surface area contributed by atoms with Crippen molar-refractivity contribution in [1.82, 2.24) is 15.0 Å². The first-order valence-corrected chi connectivity index (χ1v) is 9.64. The van der Waals surface area contributed by atoms with Crippen LogP contribution < -0.4 is 5.73 Å². The molecule has 4 aromatic rings. The second kappa shape index (κ2) is 5.91. The van der Waals surface area contributed by atoms with Crippen molar-refractivity contribution in [2.24, 2.45) is 0 Å². The first kappa shape index (κ1) is 15.7. The van der Waals surface area contributed by atoms with Crippen molar-refractivity contribution < 1.29 is 8.42 Å². The predicted molar refractivity (Wildman–Crippen MR) is 97.0 cm³/mol. The molecule has 124 valence electrons. The van der Waals surface area contributed by atoms with Gasteiger partial charge in [0.2, 0.25) is 15.8 Å². The molecular weight excluding hydrogens is 356 g/mol. The zero-order chi connectivity index (χ0) is 17.4. The lowest BCUT2D eigenvalue weighted by Crippen LogP contribution is -2.08. The van der Waals surface area contributed by atoms with Crippen LogP contribution >= 0.6 is 11.3 Å². The molecule has 0 unspecified atom stereocenters. The van der Waals surface area contributed by atoms with E-state index in [1.807, 2.05) is 24.3 Å². The molecule has 4 rings (SSSR count). The van der Waals surface area contributed by atoms with Crippen LogP contribution in [0.1, 0.15) is 0 Å². The molecule has 2 aromatic heterocycles. The zero-order valence-electron chi connectivity index (χ0n) is 12.8. The van der Waals surface area contributed by atoms with Crippen molar-refractivity contribution in [2.45, 2.75) is 9.79 Å². The lowest BCUT2D eigenvalue weighted by atomic mass is 10.3. The molecule has 0 atom stereocenters. The summed E-state index contributed by atoms with van der Waals surface area (Å²) >= 11 is 1.36. The molecule has 6 nitrogen and oxygen atoms in total. The molecule has 0 aliphatic heterocycles. The van der Waals surface area contributed by atoms with E-state index in [9.17, 15) is 8.42 Å². The fourth-order valence-corrected chi connectivity index (χ4v) is 4.83. The van der Waals surface area contributed by atoms with Crippen LogP contribution in [0.4, 0.5) is 5.95 Å². The van der Waals surface area contributed by atoms with Crippen molar-refractivity contribution in [2.75, 3.05) is 5.73 Å². The fourth-order valence-electron chi connectivity index (χ4n) is 2.43. The Hall–Kier alpha value is -2.84. The van der Waals surface area contributed by atoms with Gasteiger partial charge in [-0.05, 0) is 24.3 Å². The number of para-hydroxylation sites is 1. The molecule has 0 spiro atoms. The minimum Gasteiger partial charge on any atom is -0.368 e. The average Bonchev–Trinajstić information content (AvgIpc) is 3.06. The van der Waals surface area contributed by atoms with Crippen LogP contribution in [0.25, 0.3) is 20.9 Å². The number of hydrogen-bond donors (Lipinski definition) is 1. The highest BCUT2D eigenvalue weighted by Crippen LogP contribution is 2.34. The van der Waals surface area contributed by atoms with E-state index < -0.39 is 9.84 Å². The predicted octanol–water partition coefficient (Wildman–Crippen LogP) is 3.17.